The monoisotopic (exact) mass is 288 g/mol. The third-order valence-electron chi connectivity index (χ3n) is 3.34. The number of methoxy groups -OCH3 is 1. The Kier molecular flexibility index (Phi) is 6.16. The molecule has 0 bridgehead atoms. The lowest BCUT2D eigenvalue weighted by Crippen LogP contribution is -1.84. The van der Waals surface area contributed by atoms with E-state index in [2.05, 4.69) is 54.9 Å². The standard InChI is InChI=1S/C21H20O/c1-3-4-7-18-10-12-19(13-11-18)8-5-6-9-20-14-16-21(22-2)17-15-20/h10-17H,3-4,7H2,1-2H3. The summed E-state index contributed by atoms with van der Waals surface area (Å²) in [6.45, 7) is 2.21. The van der Waals surface area contributed by atoms with E-state index in [-0.39, 0.29) is 0 Å². The molecule has 0 spiro atoms. The fraction of sp³-hybridized carbons (Fsp3) is 0.238. The number of ether oxygens (including phenoxy) is 1. The van der Waals surface area contributed by atoms with Crippen molar-refractivity contribution in [2.24, 2.45) is 0 Å². The number of unbranched alkanes of at least 4 members (excludes halogenated alkanes) is 1. The Morgan fingerprint density at radius 2 is 1.36 bits per heavy atom. The first-order valence-corrected chi connectivity index (χ1v) is 7.57. The SMILES string of the molecule is CCCCc1ccc(C#CC#Cc2ccc(OC)cc2)cc1. The maximum absolute atomic E-state index is 5.11. The predicted octanol–water partition coefficient (Wildman–Crippen LogP) is 4.44. The van der Waals surface area contributed by atoms with Crippen LogP contribution < -0.4 is 4.74 Å². The third-order valence-corrected chi connectivity index (χ3v) is 3.34. The zero-order chi connectivity index (χ0) is 15.6. The van der Waals surface area contributed by atoms with E-state index in [0.29, 0.717) is 0 Å². The van der Waals surface area contributed by atoms with Crippen LogP contribution in [0.5, 0.6) is 5.75 Å². The summed E-state index contributed by atoms with van der Waals surface area (Å²) in [5, 5.41) is 0. The molecule has 1 heteroatoms. The molecule has 2 aromatic rings. The van der Waals surface area contributed by atoms with Crippen molar-refractivity contribution in [2.45, 2.75) is 26.2 Å². The minimum absolute atomic E-state index is 0.833. The second kappa shape index (κ2) is 8.60. The molecule has 1 nitrogen and oxygen atoms in total. The summed E-state index contributed by atoms with van der Waals surface area (Å²) in [5.74, 6) is 12.7. The second-order valence-corrected chi connectivity index (χ2v) is 5.03. The van der Waals surface area contributed by atoms with Crippen molar-refractivity contribution in [3.05, 3.63) is 65.2 Å². The fourth-order valence-electron chi connectivity index (χ4n) is 2.02. The van der Waals surface area contributed by atoms with Gasteiger partial charge in [-0.05, 0) is 66.6 Å². The van der Waals surface area contributed by atoms with Crippen LogP contribution in [-0.2, 0) is 6.42 Å². The Hall–Kier alpha value is -2.64. The summed E-state index contributed by atoms with van der Waals surface area (Å²) in [6.07, 6.45) is 3.60. The van der Waals surface area contributed by atoms with Gasteiger partial charge < -0.3 is 4.74 Å². The van der Waals surface area contributed by atoms with Crippen LogP contribution in [0.3, 0.4) is 0 Å². The Balaban J connectivity index is 1.97. The molecule has 110 valence electrons. The summed E-state index contributed by atoms with van der Waals surface area (Å²) in [6, 6.07) is 16.1. The van der Waals surface area contributed by atoms with Gasteiger partial charge in [-0.1, -0.05) is 37.3 Å². The highest BCUT2D eigenvalue weighted by Crippen LogP contribution is 2.10. The average molecular weight is 288 g/mol. The Bertz CT molecular complexity index is 701. The first-order chi connectivity index (χ1) is 10.8. The molecule has 2 rings (SSSR count). The maximum atomic E-state index is 5.11. The van der Waals surface area contributed by atoms with E-state index in [1.54, 1.807) is 7.11 Å². The van der Waals surface area contributed by atoms with Crippen molar-refractivity contribution in [3.8, 4) is 29.4 Å². The van der Waals surface area contributed by atoms with E-state index >= 15 is 0 Å². The minimum Gasteiger partial charge on any atom is -0.497 e. The van der Waals surface area contributed by atoms with Gasteiger partial charge in [-0.3, -0.25) is 0 Å². The first kappa shape index (κ1) is 15.7. The maximum Gasteiger partial charge on any atom is 0.118 e. The fourth-order valence-corrected chi connectivity index (χ4v) is 2.02. The molecule has 22 heavy (non-hydrogen) atoms. The van der Waals surface area contributed by atoms with Gasteiger partial charge in [0, 0.05) is 11.1 Å². The lowest BCUT2D eigenvalue weighted by atomic mass is 10.1. The summed E-state index contributed by atoms with van der Waals surface area (Å²) in [4.78, 5) is 0. The smallest absolute Gasteiger partial charge is 0.118 e. The van der Waals surface area contributed by atoms with Gasteiger partial charge in [0.1, 0.15) is 5.75 Å². The lowest BCUT2D eigenvalue weighted by molar-refractivity contribution is 0.415. The third kappa shape index (κ3) is 5.04. The van der Waals surface area contributed by atoms with E-state index in [1.807, 2.05) is 24.3 Å². The average Bonchev–Trinajstić information content (AvgIpc) is 2.58. The number of hydrogen-bond donors (Lipinski definition) is 0. The van der Waals surface area contributed by atoms with Crippen molar-refractivity contribution >= 4 is 0 Å². The molecular weight excluding hydrogens is 268 g/mol. The van der Waals surface area contributed by atoms with Crippen molar-refractivity contribution in [2.75, 3.05) is 7.11 Å². The quantitative estimate of drug-likeness (QED) is 0.756. The highest BCUT2D eigenvalue weighted by molar-refractivity contribution is 5.45. The number of rotatable bonds is 4. The van der Waals surface area contributed by atoms with Gasteiger partial charge in [-0.25, -0.2) is 0 Å². The molecular formula is C21H20O. The molecule has 0 amide bonds. The van der Waals surface area contributed by atoms with Crippen molar-refractivity contribution < 1.29 is 4.74 Å². The summed E-state index contributed by atoms with van der Waals surface area (Å²) in [7, 11) is 1.65. The molecule has 0 fully saturated rings. The summed E-state index contributed by atoms with van der Waals surface area (Å²) >= 11 is 0. The molecule has 0 N–H and O–H groups in total. The molecule has 0 aliphatic carbocycles. The Morgan fingerprint density at radius 1 is 0.818 bits per heavy atom. The van der Waals surface area contributed by atoms with Gasteiger partial charge in [-0.2, -0.15) is 0 Å². The summed E-state index contributed by atoms with van der Waals surface area (Å²) < 4.78 is 5.11. The van der Waals surface area contributed by atoms with Crippen LogP contribution in [-0.4, -0.2) is 7.11 Å². The highest BCUT2D eigenvalue weighted by Gasteiger charge is 1.92. The van der Waals surface area contributed by atoms with Gasteiger partial charge in [0.25, 0.3) is 0 Å². The lowest BCUT2D eigenvalue weighted by Gasteiger charge is -1.98. The number of benzene rings is 2. The highest BCUT2D eigenvalue weighted by atomic mass is 16.5. The van der Waals surface area contributed by atoms with Gasteiger partial charge in [0.15, 0.2) is 0 Å². The van der Waals surface area contributed by atoms with E-state index in [9.17, 15) is 0 Å². The van der Waals surface area contributed by atoms with Gasteiger partial charge in [0.05, 0.1) is 7.11 Å². The Morgan fingerprint density at radius 3 is 1.86 bits per heavy atom. The first-order valence-electron chi connectivity index (χ1n) is 7.57. The number of aryl methyl sites for hydroxylation is 1. The molecule has 0 saturated carbocycles. The topological polar surface area (TPSA) is 9.23 Å². The van der Waals surface area contributed by atoms with E-state index in [0.717, 1.165) is 23.3 Å². The van der Waals surface area contributed by atoms with Gasteiger partial charge in [0.2, 0.25) is 0 Å². The van der Waals surface area contributed by atoms with Gasteiger partial charge >= 0.3 is 0 Å². The molecule has 0 saturated heterocycles. The van der Waals surface area contributed by atoms with Crippen LogP contribution in [0.4, 0.5) is 0 Å². The zero-order valence-electron chi connectivity index (χ0n) is 13.1. The molecule has 0 aliphatic heterocycles. The Labute approximate surface area is 133 Å². The molecule has 0 radical (unpaired) electrons. The van der Waals surface area contributed by atoms with Crippen molar-refractivity contribution in [1.82, 2.24) is 0 Å². The van der Waals surface area contributed by atoms with Crippen molar-refractivity contribution in [1.29, 1.82) is 0 Å². The molecule has 0 aromatic heterocycles. The molecule has 0 atom stereocenters. The molecule has 0 unspecified atom stereocenters. The van der Waals surface area contributed by atoms with Crippen LogP contribution in [0.2, 0.25) is 0 Å². The predicted molar refractivity (Wildman–Crippen MR) is 91.8 cm³/mol. The summed E-state index contributed by atoms with van der Waals surface area (Å²) in [5.41, 5.74) is 3.31. The van der Waals surface area contributed by atoms with Crippen LogP contribution in [0.25, 0.3) is 0 Å². The number of hydrogen-bond acceptors (Lipinski definition) is 1. The van der Waals surface area contributed by atoms with E-state index < -0.39 is 0 Å². The molecule has 0 heterocycles. The van der Waals surface area contributed by atoms with E-state index in [1.165, 1.54) is 18.4 Å². The second-order valence-electron chi connectivity index (χ2n) is 5.03. The van der Waals surface area contributed by atoms with Crippen LogP contribution in [0, 0.1) is 23.7 Å². The van der Waals surface area contributed by atoms with Crippen LogP contribution >= 0.6 is 0 Å². The normalized spacial score (nSPS) is 9.18. The van der Waals surface area contributed by atoms with Crippen molar-refractivity contribution in [3.63, 3.8) is 0 Å². The molecule has 0 aliphatic rings. The largest absolute Gasteiger partial charge is 0.497 e. The van der Waals surface area contributed by atoms with Gasteiger partial charge in [-0.15, -0.1) is 0 Å². The van der Waals surface area contributed by atoms with Crippen LogP contribution in [0.1, 0.15) is 36.5 Å². The molecule has 2 aromatic carbocycles. The minimum atomic E-state index is 0.833. The van der Waals surface area contributed by atoms with E-state index in [4.69, 9.17) is 4.74 Å². The van der Waals surface area contributed by atoms with Crippen LogP contribution in [0.15, 0.2) is 48.5 Å². The zero-order valence-corrected chi connectivity index (χ0v) is 13.1.